The summed E-state index contributed by atoms with van der Waals surface area (Å²) in [6, 6.07) is 9.79. The maximum absolute atomic E-state index is 13.6. The largest absolute Gasteiger partial charge is 0.497 e. The van der Waals surface area contributed by atoms with Crippen LogP contribution in [0.4, 0.5) is 10.1 Å². The van der Waals surface area contributed by atoms with Crippen LogP contribution in [-0.2, 0) is 4.79 Å². The highest BCUT2D eigenvalue weighted by atomic mass is 19.1. The fraction of sp³-hybridized carbons (Fsp3) is 0.167. The van der Waals surface area contributed by atoms with Gasteiger partial charge in [0.15, 0.2) is 0 Å². The number of aryl methyl sites for hydroxylation is 1. The third kappa shape index (κ3) is 4.32. The molecule has 2 aromatic carbocycles. The smallest absolute Gasteiger partial charge is 0.248 e. The Morgan fingerprint density at radius 1 is 1.13 bits per heavy atom. The second kappa shape index (κ2) is 7.45. The number of amides is 1. The zero-order chi connectivity index (χ0) is 16.8. The molecule has 23 heavy (non-hydrogen) atoms. The van der Waals surface area contributed by atoms with E-state index in [9.17, 15) is 9.18 Å². The number of hydrogen-bond acceptors (Lipinski definition) is 3. The van der Waals surface area contributed by atoms with E-state index in [4.69, 9.17) is 9.47 Å². The number of rotatable bonds is 5. The average molecular weight is 315 g/mol. The van der Waals surface area contributed by atoms with Gasteiger partial charge in [-0.25, -0.2) is 4.39 Å². The van der Waals surface area contributed by atoms with Crippen molar-refractivity contribution in [2.75, 3.05) is 19.5 Å². The topological polar surface area (TPSA) is 47.6 Å². The number of carbonyl (C=O) groups excluding carboxylic acids is 1. The van der Waals surface area contributed by atoms with E-state index in [0.29, 0.717) is 17.1 Å². The summed E-state index contributed by atoms with van der Waals surface area (Å²) in [5.74, 6) is 0.350. The molecular weight excluding hydrogens is 297 g/mol. The minimum absolute atomic E-state index is 0.150. The van der Waals surface area contributed by atoms with Crippen LogP contribution in [-0.4, -0.2) is 20.1 Å². The first kappa shape index (κ1) is 16.5. The standard InChI is InChI=1S/C18H18FNO3/c1-12-4-7-15(19)16(10-12)20-18(21)9-5-13-11-14(22-2)6-8-17(13)23-3/h4-11H,1-3H3,(H,20,21)/b9-5+. The summed E-state index contributed by atoms with van der Waals surface area (Å²) in [6.45, 7) is 1.83. The van der Waals surface area contributed by atoms with E-state index >= 15 is 0 Å². The van der Waals surface area contributed by atoms with Crippen molar-refractivity contribution in [3.05, 3.63) is 59.4 Å². The zero-order valence-corrected chi connectivity index (χ0v) is 13.2. The number of anilines is 1. The first-order chi connectivity index (χ1) is 11.0. The molecule has 2 rings (SSSR count). The summed E-state index contributed by atoms with van der Waals surface area (Å²) in [5, 5.41) is 2.51. The predicted molar refractivity (Wildman–Crippen MR) is 88.3 cm³/mol. The van der Waals surface area contributed by atoms with Gasteiger partial charge in [0.25, 0.3) is 0 Å². The van der Waals surface area contributed by atoms with Crippen molar-refractivity contribution in [3.8, 4) is 11.5 Å². The molecule has 1 amide bonds. The highest BCUT2D eigenvalue weighted by molar-refractivity contribution is 6.02. The van der Waals surface area contributed by atoms with Crippen molar-refractivity contribution >= 4 is 17.7 Å². The quantitative estimate of drug-likeness (QED) is 0.854. The fourth-order valence-corrected chi connectivity index (χ4v) is 2.04. The summed E-state index contributed by atoms with van der Waals surface area (Å²) < 4.78 is 24.0. The van der Waals surface area contributed by atoms with Gasteiger partial charge in [0.05, 0.1) is 19.9 Å². The highest BCUT2D eigenvalue weighted by Crippen LogP contribution is 2.25. The molecule has 0 saturated carbocycles. The van der Waals surface area contributed by atoms with Gasteiger partial charge in [0, 0.05) is 11.6 Å². The lowest BCUT2D eigenvalue weighted by molar-refractivity contribution is -0.111. The molecule has 0 unspecified atom stereocenters. The minimum atomic E-state index is -0.476. The van der Waals surface area contributed by atoms with Gasteiger partial charge in [-0.05, 0) is 48.9 Å². The summed E-state index contributed by atoms with van der Waals surface area (Å²) >= 11 is 0. The number of halogens is 1. The minimum Gasteiger partial charge on any atom is -0.497 e. The van der Waals surface area contributed by atoms with Crippen molar-refractivity contribution in [2.45, 2.75) is 6.92 Å². The van der Waals surface area contributed by atoms with E-state index in [1.165, 1.54) is 12.1 Å². The maximum atomic E-state index is 13.6. The Morgan fingerprint density at radius 3 is 2.61 bits per heavy atom. The van der Waals surface area contributed by atoms with Crippen molar-refractivity contribution in [3.63, 3.8) is 0 Å². The first-order valence-corrected chi connectivity index (χ1v) is 7.00. The monoisotopic (exact) mass is 315 g/mol. The molecule has 0 heterocycles. The number of benzene rings is 2. The average Bonchev–Trinajstić information content (AvgIpc) is 2.56. The van der Waals surface area contributed by atoms with Crippen LogP contribution >= 0.6 is 0 Å². The molecule has 0 aromatic heterocycles. The molecule has 2 aromatic rings. The van der Waals surface area contributed by atoms with Gasteiger partial charge in [-0.15, -0.1) is 0 Å². The van der Waals surface area contributed by atoms with Crippen LogP contribution < -0.4 is 14.8 Å². The first-order valence-electron chi connectivity index (χ1n) is 7.00. The van der Waals surface area contributed by atoms with Crippen LogP contribution in [0.3, 0.4) is 0 Å². The normalized spacial score (nSPS) is 10.6. The molecule has 0 radical (unpaired) electrons. The van der Waals surface area contributed by atoms with Gasteiger partial charge in [0.1, 0.15) is 17.3 Å². The third-order valence-corrected chi connectivity index (χ3v) is 3.23. The van der Waals surface area contributed by atoms with Gasteiger partial charge >= 0.3 is 0 Å². The maximum Gasteiger partial charge on any atom is 0.248 e. The van der Waals surface area contributed by atoms with Crippen LogP contribution in [0.25, 0.3) is 6.08 Å². The molecule has 0 aliphatic rings. The number of methoxy groups -OCH3 is 2. The van der Waals surface area contributed by atoms with E-state index < -0.39 is 11.7 Å². The predicted octanol–water partition coefficient (Wildman–Crippen LogP) is 3.80. The third-order valence-electron chi connectivity index (χ3n) is 3.23. The van der Waals surface area contributed by atoms with Gasteiger partial charge in [0.2, 0.25) is 5.91 Å². The zero-order valence-electron chi connectivity index (χ0n) is 13.2. The van der Waals surface area contributed by atoms with Crippen molar-refractivity contribution in [2.24, 2.45) is 0 Å². The fourth-order valence-electron chi connectivity index (χ4n) is 2.04. The van der Waals surface area contributed by atoms with E-state index in [2.05, 4.69) is 5.32 Å². The number of hydrogen-bond donors (Lipinski definition) is 1. The Bertz CT molecular complexity index is 741. The molecule has 1 N–H and O–H groups in total. The summed E-state index contributed by atoms with van der Waals surface area (Å²) in [6.07, 6.45) is 2.91. The molecule has 0 bridgehead atoms. The molecule has 0 spiro atoms. The molecule has 0 fully saturated rings. The molecule has 5 heteroatoms. The Hall–Kier alpha value is -2.82. The van der Waals surface area contributed by atoms with Gasteiger partial charge < -0.3 is 14.8 Å². The molecule has 0 saturated heterocycles. The number of carbonyl (C=O) groups is 1. The van der Waals surface area contributed by atoms with Gasteiger partial charge in [-0.2, -0.15) is 0 Å². The second-order valence-electron chi connectivity index (χ2n) is 4.91. The summed E-state index contributed by atoms with van der Waals surface area (Å²) in [5.41, 5.74) is 1.70. The van der Waals surface area contributed by atoms with Crippen molar-refractivity contribution in [1.82, 2.24) is 0 Å². The SMILES string of the molecule is COc1ccc(OC)c(/C=C/C(=O)Nc2cc(C)ccc2F)c1. The van der Waals surface area contributed by atoms with Crippen molar-refractivity contribution < 1.29 is 18.7 Å². The molecule has 120 valence electrons. The summed E-state index contributed by atoms with van der Waals surface area (Å²) in [7, 11) is 3.10. The number of nitrogens with one attached hydrogen (secondary N) is 1. The lowest BCUT2D eigenvalue weighted by atomic mass is 10.1. The molecule has 4 nitrogen and oxygen atoms in total. The van der Waals surface area contributed by atoms with Crippen LogP contribution in [0.15, 0.2) is 42.5 Å². The van der Waals surface area contributed by atoms with Crippen LogP contribution in [0.2, 0.25) is 0 Å². The van der Waals surface area contributed by atoms with Gasteiger partial charge in [-0.1, -0.05) is 6.07 Å². The van der Waals surface area contributed by atoms with Crippen LogP contribution in [0.5, 0.6) is 11.5 Å². The van der Waals surface area contributed by atoms with Gasteiger partial charge in [-0.3, -0.25) is 4.79 Å². The van der Waals surface area contributed by atoms with E-state index in [1.807, 2.05) is 6.92 Å². The molecule has 0 aliphatic carbocycles. The van der Waals surface area contributed by atoms with E-state index in [0.717, 1.165) is 5.56 Å². The second-order valence-corrected chi connectivity index (χ2v) is 4.91. The lowest BCUT2D eigenvalue weighted by Gasteiger charge is -2.07. The van der Waals surface area contributed by atoms with E-state index in [1.54, 1.807) is 50.6 Å². The Morgan fingerprint density at radius 2 is 1.91 bits per heavy atom. The van der Waals surface area contributed by atoms with Crippen LogP contribution in [0.1, 0.15) is 11.1 Å². The van der Waals surface area contributed by atoms with Crippen molar-refractivity contribution in [1.29, 1.82) is 0 Å². The Labute approximate surface area is 134 Å². The lowest BCUT2D eigenvalue weighted by Crippen LogP contribution is -2.09. The molecule has 0 aliphatic heterocycles. The molecular formula is C18H18FNO3. The van der Waals surface area contributed by atoms with E-state index in [-0.39, 0.29) is 5.69 Å². The Kier molecular flexibility index (Phi) is 5.36. The Balaban J connectivity index is 2.16. The van der Waals surface area contributed by atoms with Crippen LogP contribution in [0, 0.1) is 12.7 Å². The molecule has 0 atom stereocenters. The number of ether oxygens (including phenoxy) is 2. The summed E-state index contributed by atoms with van der Waals surface area (Å²) in [4.78, 5) is 12.0. The highest BCUT2D eigenvalue weighted by Gasteiger charge is 2.06.